The van der Waals surface area contributed by atoms with Gasteiger partial charge in [-0.2, -0.15) is 4.31 Å². The maximum absolute atomic E-state index is 13.0. The summed E-state index contributed by atoms with van der Waals surface area (Å²) in [6, 6.07) is 8.42. The van der Waals surface area contributed by atoms with Crippen LogP contribution in [0.2, 0.25) is 0 Å². The van der Waals surface area contributed by atoms with E-state index < -0.39 is 15.9 Å². The topological polar surface area (TPSA) is 75.7 Å². The molecule has 0 saturated carbocycles. The van der Waals surface area contributed by atoms with Crippen LogP contribution in [-0.2, 0) is 10.0 Å². The highest BCUT2D eigenvalue weighted by molar-refractivity contribution is 7.89. The molecule has 0 aliphatic carbocycles. The first-order valence-corrected chi connectivity index (χ1v) is 10.8. The van der Waals surface area contributed by atoms with Crippen LogP contribution in [0.25, 0.3) is 0 Å². The summed E-state index contributed by atoms with van der Waals surface area (Å²) in [6.45, 7) is 6.89. The predicted octanol–water partition coefficient (Wildman–Crippen LogP) is 3.66. The molecule has 28 heavy (non-hydrogen) atoms. The summed E-state index contributed by atoms with van der Waals surface area (Å²) < 4.78 is 32.5. The minimum Gasteiger partial charge on any atom is -0.496 e. The van der Waals surface area contributed by atoms with E-state index in [2.05, 4.69) is 5.32 Å². The normalized spacial score (nSPS) is 14.9. The largest absolute Gasteiger partial charge is 0.496 e. The van der Waals surface area contributed by atoms with Gasteiger partial charge in [-0.05, 0) is 62.9 Å². The van der Waals surface area contributed by atoms with E-state index in [0.29, 0.717) is 18.8 Å². The summed E-state index contributed by atoms with van der Waals surface area (Å²) in [5.74, 6) is -0.0642. The lowest BCUT2D eigenvalue weighted by Crippen LogP contribution is -2.28. The van der Waals surface area contributed by atoms with Crippen molar-refractivity contribution >= 4 is 21.6 Å². The number of nitrogens with one attached hydrogen (secondary N) is 1. The van der Waals surface area contributed by atoms with Gasteiger partial charge in [0.15, 0.2) is 0 Å². The van der Waals surface area contributed by atoms with Crippen molar-refractivity contribution in [2.75, 3.05) is 25.5 Å². The van der Waals surface area contributed by atoms with E-state index in [9.17, 15) is 13.2 Å². The molecule has 1 amide bonds. The second-order valence-corrected chi connectivity index (χ2v) is 9.14. The zero-order chi connectivity index (χ0) is 20.5. The minimum atomic E-state index is -3.62. The van der Waals surface area contributed by atoms with E-state index in [0.717, 1.165) is 35.2 Å². The fourth-order valence-corrected chi connectivity index (χ4v) is 5.20. The summed E-state index contributed by atoms with van der Waals surface area (Å²) in [6.07, 6.45) is 1.71. The average molecular weight is 403 g/mol. The molecule has 1 N–H and O–H groups in total. The number of hydrogen-bond acceptors (Lipinski definition) is 4. The molecule has 6 nitrogen and oxygen atoms in total. The molecule has 1 aliphatic rings. The van der Waals surface area contributed by atoms with Gasteiger partial charge in [0, 0.05) is 18.8 Å². The third kappa shape index (κ3) is 3.91. The van der Waals surface area contributed by atoms with E-state index in [-0.39, 0.29) is 10.5 Å². The van der Waals surface area contributed by atoms with Crippen LogP contribution >= 0.6 is 0 Å². The van der Waals surface area contributed by atoms with Crippen LogP contribution in [0.5, 0.6) is 5.75 Å². The molecule has 0 bridgehead atoms. The first-order valence-electron chi connectivity index (χ1n) is 9.31. The average Bonchev–Trinajstić information content (AvgIpc) is 3.19. The maximum atomic E-state index is 13.0. The molecule has 2 aromatic carbocycles. The molecule has 0 aromatic heterocycles. The van der Waals surface area contributed by atoms with Crippen LogP contribution in [0.4, 0.5) is 5.69 Å². The molecule has 1 heterocycles. The summed E-state index contributed by atoms with van der Waals surface area (Å²) in [4.78, 5) is 13.1. The number of benzene rings is 2. The standard InChI is InChI=1S/C21H26N2O4S/c1-14-11-15(2)20(16(3)12-14)22-21(24)18-13-17(7-8-19(18)27-4)28(25,26)23-9-5-6-10-23/h7-8,11-13H,5-6,9-10H2,1-4H3,(H,22,24). The smallest absolute Gasteiger partial charge is 0.259 e. The predicted molar refractivity (Wildman–Crippen MR) is 110 cm³/mol. The van der Waals surface area contributed by atoms with Crippen LogP contribution in [0, 0.1) is 20.8 Å². The van der Waals surface area contributed by atoms with Gasteiger partial charge in [-0.1, -0.05) is 17.7 Å². The van der Waals surface area contributed by atoms with Gasteiger partial charge in [-0.3, -0.25) is 4.79 Å². The molecule has 0 spiro atoms. The van der Waals surface area contributed by atoms with E-state index in [4.69, 9.17) is 4.74 Å². The van der Waals surface area contributed by atoms with Gasteiger partial charge >= 0.3 is 0 Å². The van der Waals surface area contributed by atoms with Crippen LogP contribution in [0.15, 0.2) is 35.2 Å². The molecule has 2 aromatic rings. The van der Waals surface area contributed by atoms with Crippen molar-refractivity contribution in [2.45, 2.75) is 38.5 Å². The molecule has 150 valence electrons. The van der Waals surface area contributed by atoms with Crippen LogP contribution < -0.4 is 10.1 Å². The first-order chi connectivity index (χ1) is 13.2. The second kappa shape index (κ2) is 7.93. The molecule has 1 aliphatic heterocycles. The Hall–Kier alpha value is -2.38. The summed E-state index contributed by atoms with van der Waals surface area (Å²) >= 11 is 0. The monoisotopic (exact) mass is 402 g/mol. The molecule has 1 saturated heterocycles. The molecular weight excluding hydrogens is 376 g/mol. The Labute approximate surface area is 166 Å². The highest BCUT2D eigenvalue weighted by Gasteiger charge is 2.28. The Morgan fingerprint density at radius 3 is 2.21 bits per heavy atom. The zero-order valence-electron chi connectivity index (χ0n) is 16.7. The van der Waals surface area contributed by atoms with Gasteiger partial charge in [0.1, 0.15) is 5.75 Å². The van der Waals surface area contributed by atoms with Crippen molar-refractivity contribution in [1.82, 2.24) is 4.31 Å². The second-order valence-electron chi connectivity index (χ2n) is 7.20. The third-order valence-electron chi connectivity index (χ3n) is 5.03. The van der Waals surface area contributed by atoms with Crippen molar-refractivity contribution in [3.63, 3.8) is 0 Å². The van der Waals surface area contributed by atoms with Gasteiger partial charge in [0.05, 0.1) is 17.6 Å². The minimum absolute atomic E-state index is 0.109. The molecular formula is C21H26N2O4S. The maximum Gasteiger partial charge on any atom is 0.259 e. The number of nitrogens with zero attached hydrogens (tertiary/aromatic N) is 1. The number of hydrogen-bond donors (Lipinski definition) is 1. The highest BCUT2D eigenvalue weighted by Crippen LogP contribution is 2.28. The third-order valence-corrected chi connectivity index (χ3v) is 6.93. The molecule has 0 radical (unpaired) electrons. The van der Waals surface area contributed by atoms with Crippen LogP contribution in [0.1, 0.15) is 39.9 Å². The van der Waals surface area contributed by atoms with Gasteiger partial charge in [0.2, 0.25) is 10.0 Å². The van der Waals surface area contributed by atoms with Crippen molar-refractivity contribution in [1.29, 1.82) is 0 Å². The van der Waals surface area contributed by atoms with Gasteiger partial charge in [-0.25, -0.2) is 8.42 Å². The SMILES string of the molecule is COc1ccc(S(=O)(=O)N2CCCC2)cc1C(=O)Nc1c(C)cc(C)cc1C. The van der Waals surface area contributed by atoms with Crippen LogP contribution in [-0.4, -0.2) is 38.8 Å². The van der Waals surface area contributed by atoms with Crippen molar-refractivity contribution in [3.05, 3.63) is 52.6 Å². The number of aryl methyl sites for hydroxylation is 3. The van der Waals surface area contributed by atoms with Crippen molar-refractivity contribution in [3.8, 4) is 5.75 Å². The summed E-state index contributed by atoms with van der Waals surface area (Å²) in [7, 11) is -2.16. The molecule has 1 fully saturated rings. The van der Waals surface area contributed by atoms with Gasteiger partial charge in [-0.15, -0.1) is 0 Å². The Kier molecular flexibility index (Phi) is 5.76. The van der Waals surface area contributed by atoms with Gasteiger partial charge in [0.25, 0.3) is 5.91 Å². The number of carbonyl (C=O) groups is 1. The fourth-order valence-electron chi connectivity index (χ4n) is 3.66. The van der Waals surface area contributed by atoms with Crippen molar-refractivity contribution < 1.29 is 17.9 Å². The van der Waals surface area contributed by atoms with Gasteiger partial charge < -0.3 is 10.1 Å². The lowest BCUT2D eigenvalue weighted by Gasteiger charge is -2.18. The van der Waals surface area contributed by atoms with E-state index in [1.807, 2.05) is 32.9 Å². The molecule has 3 rings (SSSR count). The van der Waals surface area contributed by atoms with E-state index in [1.165, 1.54) is 29.6 Å². The molecule has 7 heteroatoms. The van der Waals surface area contributed by atoms with Crippen LogP contribution in [0.3, 0.4) is 0 Å². The van der Waals surface area contributed by atoms with E-state index >= 15 is 0 Å². The Morgan fingerprint density at radius 2 is 1.64 bits per heavy atom. The number of rotatable bonds is 5. The number of carbonyl (C=O) groups excluding carboxylic acids is 1. The molecule has 0 atom stereocenters. The Balaban J connectivity index is 1.97. The number of ether oxygens (including phenoxy) is 1. The van der Waals surface area contributed by atoms with E-state index in [1.54, 1.807) is 0 Å². The molecule has 0 unspecified atom stereocenters. The number of amides is 1. The zero-order valence-corrected chi connectivity index (χ0v) is 17.5. The Bertz CT molecular complexity index is 986. The highest BCUT2D eigenvalue weighted by atomic mass is 32.2. The summed E-state index contributed by atoms with van der Waals surface area (Å²) in [5.41, 5.74) is 3.94. The quantitative estimate of drug-likeness (QED) is 0.828. The van der Waals surface area contributed by atoms with Crippen molar-refractivity contribution in [2.24, 2.45) is 0 Å². The number of anilines is 1. The summed E-state index contributed by atoms with van der Waals surface area (Å²) in [5, 5.41) is 2.92. The number of sulfonamides is 1. The lowest BCUT2D eigenvalue weighted by molar-refractivity contribution is 0.102. The first kappa shape index (κ1) is 20.4. The lowest BCUT2D eigenvalue weighted by atomic mass is 10.0. The number of methoxy groups -OCH3 is 1. The Morgan fingerprint density at radius 1 is 1.04 bits per heavy atom. The fraction of sp³-hybridized carbons (Fsp3) is 0.381.